The second-order valence-corrected chi connectivity index (χ2v) is 2.91. The van der Waals surface area contributed by atoms with Crippen molar-refractivity contribution >= 4 is 5.91 Å². The highest BCUT2D eigenvalue weighted by molar-refractivity contribution is 5.96. The van der Waals surface area contributed by atoms with E-state index in [0.29, 0.717) is 0 Å². The van der Waals surface area contributed by atoms with Crippen LogP contribution in [0.15, 0.2) is 18.5 Å². The number of rotatable bonds is 4. The predicted octanol–water partition coefficient (Wildman–Crippen LogP) is 1.31. The molecule has 0 spiro atoms. The molecule has 8 heteroatoms. The fourth-order valence-corrected chi connectivity index (χ4v) is 0.969. The Hall–Kier alpha value is -1.83. The maximum absolute atomic E-state index is 11.7. The van der Waals surface area contributed by atoms with E-state index in [4.69, 9.17) is 4.74 Å². The number of nitrogens with zero attached hydrogens (tertiary/aromatic N) is 1. The topological polar surface area (TPSA) is 60.5 Å². The molecular weight excluding hydrogens is 241 g/mol. The van der Waals surface area contributed by atoms with Gasteiger partial charge in [-0.15, -0.1) is 0 Å². The van der Waals surface area contributed by atoms with E-state index in [1.165, 1.54) is 25.6 Å². The molecular formula is C9H9F3N2O3. The Bertz CT molecular complexity index is 395. The van der Waals surface area contributed by atoms with E-state index in [0.717, 1.165) is 0 Å². The van der Waals surface area contributed by atoms with Crippen LogP contribution >= 0.6 is 0 Å². The fraction of sp³-hybridized carbons (Fsp3) is 0.333. The summed E-state index contributed by atoms with van der Waals surface area (Å²) in [5, 5.41) is 0. The zero-order chi connectivity index (χ0) is 12.9. The van der Waals surface area contributed by atoms with Crippen molar-refractivity contribution in [3.63, 3.8) is 0 Å². The fourth-order valence-electron chi connectivity index (χ4n) is 0.969. The van der Waals surface area contributed by atoms with Gasteiger partial charge in [0.15, 0.2) is 6.61 Å². The van der Waals surface area contributed by atoms with Crippen molar-refractivity contribution in [2.24, 2.45) is 0 Å². The van der Waals surface area contributed by atoms with Crippen molar-refractivity contribution in [2.75, 3.05) is 13.7 Å². The highest BCUT2D eigenvalue weighted by Crippen LogP contribution is 2.16. The minimum absolute atomic E-state index is 0.0321. The van der Waals surface area contributed by atoms with Crippen LogP contribution in [0.1, 0.15) is 10.4 Å². The molecule has 0 aliphatic heterocycles. The third-order valence-electron chi connectivity index (χ3n) is 1.65. The average Bonchev–Trinajstić information content (AvgIpc) is 2.27. The lowest BCUT2D eigenvalue weighted by atomic mass is 10.2. The van der Waals surface area contributed by atoms with E-state index in [1.54, 1.807) is 5.48 Å². The number of hydrogen-bond acceptors (Lipinski definition) is 4. The van der Waals surface area contributed by atoms with Crippen LogP contribution in [0.25, 0.3) is 0 Å². The Labute approximate surface area is 94.5 Å². The molecule has 0 aromatic carbocycles. The Balaban J connectivity index is 2.58. The first-order chi connectivity index (χ1) is 7.94. The molecule has 1 aromatic heterocycles. The highest BCUT2D eigenvalue weighted by atomic mass is 19.4. The number of methoxy groups -OCH3 is 1. The lowest BCUT2D eigenvalue weighted by molar-refractivity contribution is -0.184. The number of halogens is 3. The van der Waals surface area contributed by atoms with Gasteiger partial charge in [-0.1, -0.05) is 0 Å². The van der Waals surface area contributed by atoms with Gasteiger partial charge in [0.05, 0.1) is 18.9 Å². The molecule has 94 valence electrons. The molecule has 1 amide bonds. The minimum atomic E-state index is -4.50. The third kappa shape index (κ3) is 4.27. The van der Waals surface area contributed by atoms with E-state index in [1.807, 2.05) is 0 Å². The molecule has 0 aliphatic rings. The molecule has 0 unspecified atom stereocenters. The molecule has 0 saturated carbocycles. The number of pyridine rings is 1. The van der Waals surface area contributed by atoms with E-state index >= 15 is 0 Å². The van der Waals surface area contributed by atoms with Gasteiger partial charge < -0.3 is 4.74 Å². The molecule has 0 radical (unpaired) electrons. The minimum Gasteiger partial charge on any atom is -0.494 e. The van der Waals surface area contributed by atoms with Crippen LogP contribution in [0.3, 0.4) is 0 Å². The molecule has 17 heavy (non-hydrogen) atoms. The summed E-state index contributed by atoms with van der Waals surface area (Å²) in [6.45, 7) is -1.56. The van der Waals surface area contributed by atoms with Crippen LogP contribution in [0.2, 0.25) is 0 Å². The van der Waals surface area contributed by atoms with Gasteiger partial charge in [-0.2, -0.15) is 13.2 Å². The molecule has 0 atom stereocenters. The van der Waals surface area contributed by atoms with Crippen molar-refractivity contribution < 1.29 is 27.5 Å². The molecule has 0 fully saturated rings. The van der Waals surface area contributed by atoms with Gasteiger partial charge in [0.25, 0.3) is 5.91 Å². The first-order valence-corrected chi connectivity index (χ1v) is 4.41. The molecule has 1 aromatic rings. The molecule has 0 aliphatic carbocycles. The number of aromatic nitrogens is 1. The summed E-state index contributed by atoms with van der Waals surface area (Å²) in [5.74, 6) is -0.700. The van der Waals surface area contributed by atoms with Crippen LogP contribution in [0.5, 0.6) is 5.75 Å². The van der Waals surface area contributed by atoms with Crippen molar-refractivity contribution in [1.82, 2.24) is 10.5 Å². The van der Waals surface area contributed by atoms with Crippen LogP contribution in [-0.4, -0.2) is 30.8 Å². The number of nitrogens with one attached hydrogen (secondary N) is 1. The predicted molar refractivity (Wildman–Crippen MR) is 50.3 cm³/mol. The summed E-state index contributed by atoms with van der Waals surface area (Å²) in [6.07, 6.45) is -1.94. The maximum Gasteiger partial charge on any atom is 0.414 e. The Morgan fingerprint density at radius 2 is 2.24 bits per heavy atom. The van der Waals surface area contributed by atoms with Crippen LogP contribution < -0.4 is 10.2 Å². The average molecular weight is 250 g/mol. The van der Waals surface area contributed by atoms with Crippen molar-refractivity contribution in [3.05, 3.63) is 24.0 Å². The normalized spacial score (nSPS) is 11.1. The van der Waals surface area contributed by atoms with Gasteiger partial charge in [0.1, 0.15) is 5.75 Å². The number of carbonyl (C=O) groups excluding carboxylic acids is 1. The van der Waals surface area contributed by atoms with Crippen molar-refractivity contribution in [1.29, 1.82) is 0 Å². The lowest BCUT2D eigenvalue weighted by Crippen LogP contribution is -2.29. The number of ether oxygens (including phenoxy) is 1. The van der Waals surface area contributed by atoms with E-state index in [9.17, 15) is 18.0 Å². The first kappa shape index (κ1) is 13.2. The van der Waals surface area contributed by atoms with Gasteiger partial charge in [0.2, 0.25) is 0 Å². The van der Waals surface area contributed by atoms with Crippen molar-refractivity contribution in [3.8, 4) is 5.75 Å². The number of hydroxylamine groups is 1. The first-order valence-electron chi connectivity index (χ1n) is 4.41. The van der Waals surface area contributed by atoms with Crippen LogP contribution in [0.4, 0.5) is 13.2 Å². The summed E-state index contributed by atoms with van der Waals surface area (Å²) >= 11 is 0. The lowest BCUT2D eigenvalue weighted by Gasteiger charge is -2.10. The second-order valence-electron chi connectivity index (χ2n) is 2.91. The van der Waals surface area contributed by atoms with Gasteiger partial charge in [0, 0.05) is 6.20 Å². The Morgan fingerprint density at radius 1 is 1.53 bits per heavy atom. The maximum atomic E-state index is 11.7. The Morgan fingerprint density at radius 3 is 2.82 bits per heavy atom. The highest BCUT2D eigenvalue weighted by Gasteiger charge is 2.28. The van der Waals surface area contributed by atoms with Crippen LogP contribution in [0, 0.1) is 0 Å². The number of amides is 1. The Kier molecular flexibility index (Phi) is 4.27. The number of alkyl halides is 3. The monoisotopic (exact) mass is 250 g/mol. The summed E-state index contributed by atoms with van der Waals surface area (Å²) in [6, 6.07) is 1.30. The third-order valence-corrected chi connectivity index (χ3v) is 1.65. The largest absolute Gasteiger partial charge is 0.494 e. The molecule has 0 saturated heterocycles. The number of hydrogen-bond donors (Lipinski definition) is 1. The zero-order valence-corrected chi connectivity index (χ0v) is 8.75. The second kappa shape index (κ2) is 5.48. The molecule has 1 heterocycles. The molecule has 1 rings (SSSR count). The molecule has 1 N–H and O–H groups in total. The van der Waals surface area contributed by atoms with Gasteiger partial charge in [-0.25, -0.2) is 5.48 Å². The van der Waals surface area contributed by atoms with Gasteiger partial charge in [-0.3, -0.25) is 14.6 Å². The van der Waals surface area contributed by atoms with Crippen molar-refractivity contribution in [2.45, 2.75) is 6.18 Å². The zero-order valence-electron chi connectivity index (χ0n) is 8.75. The quantitative estimate of drug-likeness (QED) is 0.818. The number of carbonyl (C=O) groups is 1. The standard InChI is InChI=1S/C9H9F3N2O3/c1-16-7-4-13-3-2-6(7)8(15)14-17-5-9(10,11)12/h2-4H,5H2,1H3,(H,14,15). The molecule has 5 nitrogen and oxygen atoms in total. The van der Waals surface area contributed by atoms with Gasteiger partial charge in [-0.05, 0) is 6.07 Å². The SMILES string of the molecule is COc1cnccc1C(=O)NOCC(F)(F)F. The van der Waals surface area contributed by atoms with Gasteiger partial charge >= 0.3 is 6.18 Å². The summed E-state index contributed by atoms with van der Waals surface area (Å²) in [7, 11) is 1.31. The van der Waals surface area contributed by atoms with E-state index in [-0.39, 0.29) is 11.3 Å². The molecule has 0 bridgehead atoms. The van der Waals surface area contributed by atoms with E-state index < -0.39 is 18.7 Å². The van der Waals surface area contributed by atoms with Crippen LogP contribution in [-0.2, 0) is 4.84 Å². The summed E-state index contributed by atoms with van der Waals surface area (Å²) in [5.41, 5.74) is 1.70. The smallest absolute Gasteiger partial charge is 0.414 e. The summed E-state index contributed by atoms with van der Waals surface area (Å²) in [4.78, 5) is 19.1. The summed E-state index contributed by atoms with van der Waals surface area (Å²) < 4.78 is 40.0. The van der Waals surface area contributed by atoms with E-state index in [2.05, 4.69) is 9.82 Å².